The van der Waals surface area contributed by atoms with Gasteiger partial charge in [-0.25, -0.2) is 9.97 Å². The Balaban J connectivity index is 2.83. The molecule has 1 aromatic heterocycles. The van der Waals surface area contributed by atoms with Crippen LogP contribution in [-0.4, -0.2) is 16.5 Å². The SMILES string of the molecule is CCNc1nccnc1SN. The summed E-state index contributed by atoms with van der Waals surface area (Å²) < 4.78 is 0. The van der Waals surface area contributed by atoms with Crippen molar-refractivity contribution in [2.24, 2.45) is 5.14 Å². The van der Waals surface area contributed by atoms with E-state index in [4.69, 9.17) is 5.14 Å². The number of nitrogens with one attached hydrogen (secondary N) is 1. The smallest absolute Gasteiger partial charge is 0.159 e. The van der Waals surface area contributed by atoms with Crippen molar-refractivity contribution in [2.45, 2.75) is 11.9 Å². The van der Waals surface area contributed by atoms with Gasteiger partial charge in [0.05, 0.1) is 0 Å². The number of nitrogens with two attached hydrogens (primary N) is 1. The first-order valence-electron chi connectivity index (χ1n) is 3.30. The third-order valence-corrected chi connectivity index (χ3v) is 1.64. The van der Waals surface area contributed by atoms with Crippen molar-refractivity contribution in [1.82, 2.24) is 9.97 Å². The maximum Gasteiger partial charge on any atom is 0.159 e. The molecule has 0 aromatic carbocycles. The average molecular weight is 170 g/mol. The molecule has 0 aliphatic heterocycles. The van der Waals surface area contributed by atoms with Crippen LogP contribution < -0.4 is 10.5 Å². The van der Waals surface area contributed by atoms with Crippen LogP contribution in [0, 0.1) is 0 Å². The van der Waals surface area contributed by atoms with Gasteiger partial charge < -0.3 is 5.32 Å². The zero-order valence-corrected chi connectivity index (χ0v) is 7.06. The van der Waals surface area contributed by atoms with Crippen LogP contribution in [-0.2, 0) is 0 Å². The highest BCUT2D eigenvalue weighted by atomic mass is 32.2. The van der Waals surface area contributed by atoms with Gasteiger partial charge in [0, 0.05) is 18.9 Å². The highest BCUT2D eigenvalue weighted by molar-refractivity contribution is 7.97. The fourth-order valence-electron chi connectivity index (χ4n) is 0.700. The Morgan fingerprint density at radius 2 is 2.27 bits per heavy atom. The molecule has 0 aliphatic rings. The minimum absolute atomic E-state index is 0.731. The Kier molecular flexibility index (Phi) is 3.13. The van der Waals surface area contributed by atoms with Crippen LogP contribution >= 0.6 is 11.9 Å². The molecule has 60 valence electrons. The largest absolute Gasteiger partial charge is 0.368 e. The van der Waals surface area contributed by atoms with Crippen molar-refractivity contribution in [1.29, 1.82) is 0 Å². The molecule has 0 fully saturated rings. The van der Waals surface area contributed by atoms with E-state index < -0.39 is 0 Å². The van der Waals surface area contributed by atoms with Gasteiger partial charge in [-0.05, 0) is 18.9 Å². The van der Waals surface area contributed by atoms with E-state index in [1.54, 1.807) is 12.4 Å². The van der Waals surface area contributed by atoms with Gasteiger partial charge in [-0.15, -0.1) is 0 Å². The molecule has 0 bridgehead atoms. The van der Waals surface area contributed by atoms with Gasteiger partial charge >= 0.3 is 0 Å². The molecule has 0 atom stereocenters. The molecule has 0 amide bonds. The molecular formula is C6H10N4S. The number of anilines is 1. The lowest BCUT2D eigenvalue weighted by Crippen LogP contribution is -2.02. The molecule has 0 saturated heterocycles. The number of nitrogens with zero attached hydrogens (tertiary/aromatic N) is 2. The molecule has 0 spiro atoms. The average Bonchev–Trinajstić information content (AvgIpc) is 2.06. The van der Waals surface area contributed by atoms with Crippen LogP contribution in [0.2, 0.25) is 0 Å². The summed E-state index contributed by atoms with van der Waals surface area (Å²) in [5, 5.41) is 9.14. The minimum atomic E-state index is 0.731. The van der Waals surface area contributed by atoms with Crippen LogP contribution in [0.5, 0.6) is 0 Å². The molecule has 1 rings (SSSR count). The van der Waals surface area contributed by atoms with Crippen molar-refractivity contribution >= 4 is 17.8 Å². The number of aromatic nitrogens is 2. The Bertz CT molecular complexity index is 228. The second-order valence-corrected chi connectivity index (χ2v) is 2.48. The summed E-state index contributed by atoms with van der Waals surface area (Å²) in [7, 11) is 0. The minimum Gasteiger partial charge on any atom is -0.368 e. The zero-order chi connectivity index (χ0) is 8.10. The summed E-state index contributed by atoms with van der Waals surface area (Å²) >= 11 is 1.10. The topological polar surface area (TPSA) is 63.8 Å². The van der Waals surface area contributed by atoms with Crippen molar-refractivity contribution in [3.8, 4) is 0 Å². The quantitative estimate of drug-likeness (QED) is 0.659. The Hall–Kier alpha value is -0.810. The maximum atomic E-state index is 5.36. The second kappa shape index (κ2) is 4.15. The highest BCUT2D eigenvalue weighted by Gasteiger charge is 2.00. The van der Waals surface area contributed by atoms with Crippen molar-refractivity contribution < 1.29 is 0 Å². The van der Waals surface area contributed by atoms with E-state index in [1.165, 1.54) is 0 Å². The predicted octanol–water partition coefficient (Wildman–Crippen LogP) is 0.874. The molecule has 0 unspecified atom stereocenters. The Labute approximate surface area is 69.7 Å². The summed E-state index contributed by atoms with van der Waals surface area (Å²) in [4.78, 5) is 8.09. The van der Waals surface area contributed by atoms with Crippen molar-refractivity contribution in [2.75, 3.05) is 11.9 Å². The van der Waals surface area contributed by atoms with Gasteiger partial charge in [0.1, 0.15) is 0 Å². The highest BCUT2D eigenvalue weighted by Crippen LogP contribution is 2.15. The first kappa shape index (κ1) is 8.29. The van der Waals surface area contributed by atoms with Crippen LogP contribution in [0.15, 0.2) is 17.4 Å². The first-order valence-corrected chi connectivity index (χ1v) is 4.18. The fraction of sp³-hybridized carbons (Fsp3) is 0.333. The van der Waals surface area contributed by atoms with Gasteiger partial charge in [-0.1, -0.05) is 0 Å². The third-order valence-electron chi connectivity index (χ3n) is 1.12. The number of hydrogen-bond donors (Lipinski definition) is 2. The molecule has 0 saturated carbocycles. The zero-order valence-electron chi connectivity index (χ0n) is 6.24. The fourth-order valence-corrected chi connectivity index (χ4v) is 1.06. The van der Waals surface area contributed by atoms with Gasteiger partial charge in [0.2, 0.25) is 0 Å². The Morgan fingerprint density at radius 1 is 1.55 bits per heavy atom. The monoisotopic (exact) mass is 170 g/mol. The predicted molar refractivity (Wildman–Crippen MR) is 46.2 cm³/mol. The molecular weight excluding hydrogens is 160 g/mol. The summed E-state index contributed by atoms with van der Waals surface area (Å²) in [5.41, 5.74) is 0. The molecule has 0 aliphatic carbocycles. The summed E-state index contributed by atoms with van der Waals surface area (Å²) in [6.45, 7) is 2.83. The maximum absolute atomic E-state index is 5.36. The molecule has 11 heavy (non-hydrogen) atoms. The van der Waals surface area contributed by atoms with E-state index in [-0.39, 0.29) is 0 Å². The van der Waals surface area contributed by atoms with Crippen LogP contribution in [0.4, 0.5) is 5.82 Å². The lowest BCUT2D eigenvalue weighted by molar-refractivity contribution is 1.03. The van der Waals surface area contributed by atoms with Crippen molar-refractivity contribution in [3.63, 3.8) is 0 Å². The second-order valence-electron chi connectivity index (χ2n) is 1.86. The standard InChI is InChI=1S/C6H10N4S/c1-2-8-5-6(11-7)10-4-3-9-5/h3-4H,2,7H2,1H3,(H,8,9). The molecule has 5 heteroatoms. The van der Waals surface area contributed by atoms with Crippen LogP contribution in [0.3, 0.4) is 0 Å². The van der Waals surface area contributed by atoms with E-state index in [0.717, 1.165) is 29.3 Å². The molecule has 4 nitrogen and oxygen atoms in total. The van der Waals surface area contributed by atoms with Gasteiger partial charge in [-0.2, -0.15) is 0 Å². The normalized spacial score (nSPS) is 9.64. The van der Waals surface area contributed by atoms with Crippen molar-refractivity contribution in [3.05, 3.63) is 12.4 Å². The number of rotatable bonds is 3. The van der Waals surface area contributed by atoms with Crippen LogP contribution in [0.25, 0.3) is 0 Å². The van der Waals surface area contributed by atoms with E-state index in [2.05, 4.69) is 15.3 Å². The van der Waals surface area contributed by atoms with Gasteiger partial charge in [0.15, 0.2) is 10.8 Å². The van der Waals surface area contributed by atoms with E-state index in [1.807, 2.05) is 6.92 Å². The number of hydrogen-bond acceptors (Lipinski definition) is 5. The lowest BCUT2D eigenvalue weighted by Gasteiger charge is -2.03. The third kappa shape index (κ3) is 2.06. The molecule has 0 radical (unpaired) electrons. The van der Waals surface area contributed by atoms with Gasteiger partial charge in [-0.3, -0.25) is 5.14 Å². The van der Waals surface area contributed by atoms with E-state index >= 15 is 0 Å². The van der Waals surface area contributed by atoms with Crippen LogP contribution in [0.1, 0.15) is 6.92 Å². The Morgan fingerprint density at radius 3 is 2.91 bits per heavy atom. The first-order chi connectivity index (χ1) is 5.38. The van der Waals surface area contributed by atoms with E-state index in [0.29, 0.717) is 0 Å². The summed E-state index contributed by atoms with van der Waals surface area (Å²) in [6, 6.07) is 0. The van der Waals surface area contributed by atoms with E-state index in [9.17, 15) is 0 Å². The van der Waals surface area contributed by atoms with Gasteiger partial charge in [0.25, 0.3) is 0 Å². The molecule has 3 N–H and O–H groups in total. The lowest BCUT2D eigenvalue weighted by atomic mass is 10.6. The molecule has 1 heterocycles. The summed E-state index contributed by atoms with van der Waals surface area (Å²) in [6.07, 6.45) is 3.26. The molecule has 1 aromatic rings. The summed E-state index contributed by atoms with van der Waals surface area (Å²) in [5.74, 6) is 0.752.